The van der Waals surface area contributed by atoms with Gasteiger partial charge in [-0.3, -0.25) is 4.79 Å². The van der Waals surface area contributed by atoms with Crippen LogP contribution in [0, 0.1) is 0 Å². The van der Waals surface area contributed by atoms with E-state index in [1.165, 1.54) is 5.56 Å². The zero-order valence-electron chi connectivity index (χ0n) is 15.9. The summed E-state index contributed by atoms with van der Waals surface area (Å²) < 4.78 is 0. The van der Waals surface area contributed by atoms with Crippen LogP contribution in [0.5, 0.6) is 5.75 Å². The fourth-order valence-corrected chi connectivity index (χ4v) is 5.00. The molecule has 1 aliphatic carbocycles. The van der Waals surface area contributed by atoms with Crippen LogP contribution in [0.2, 0.25) is 0 Å². The fourth-order valence-electron chi connectivity index (χ4n) is 5.00. The lowest BCUT2D eigenvalue weighted by atomic mass is 9.62. The van der Waals surface area contributed by atoms with Gasteiger partial charge in [0.1, 0.15) is 5.75 Å². The smallest absolute Gasteiger partial charge is 0.224 e. The van der Waals surface area contributed by atoms with Crippen molar-refractivity contribution in [1.82, 2.24) is 10.2 Å². The highest BCUT2D eigenvalue weighted by atomic mass is 16.3. The number of hydrogen-bond donors (Lipinski definition) is 2. The van der Waals surface area contributed by atoms with Crippen LogP contribution in [0.1, 0.15) is 36.8 Å². The first kappa shape index (κ1) is 18.1. The second-order valence-electron chi connectivity index (χ2n) is 8.29. The van der Waals surface area contributed by atoms with Crippen LogP contribution in [-0.2, 0) is 16.6 Å². The van der Waals surface area contributed by atoms with E-state index in [0.717, 1.165) is 37.8 Å². The lowest BCUT2D eigenvalue weighted by molar-refractivity contribution is -0.121. The third-order valence-electron chi connectivity index (χ3n) is 6.42. The normalized spacial score (nSPS) is 27.9. The highest BCUT2D eigenvalue weighted by Gasteiger charge is 2.46. The lowest BCUT2D eigenvalue weighted by Gasteiger charge is -2.52. The predicted octanol–water partition coefficient (Wildman–Crippen LogP) is 3.25. The summed E-state index contributed by atoms with van der Waals surface area (Å²) in [4.78, 5) is 15.0. The number of phenols is 1. The van der Waals surface area contributed by atoms with E-state index >= 15 is 0 Å². The summed E-state index contributed by atoms with van der Waals surface area (Å²) in [7, 11) is 2.19. The van der Waals surface area contributed by atoms with Gasteiger partial charge in [-0.05, 0) is 62.5 Å². The van der Waals surface area contributed by atoms with Gasteiger partial charge in [0.2, 0.25) is 5.91 Å². The van der Waals surface area contributed by atoms with Crippen molar-refractivity contribution >= 4 is 5.91 Å². The first-order chi connectivity index (χ1) is 13.0. The summed E-state index contributed by atoms with van der Waals surface area (Å²) in [5.74, 6) is 0.424. The number of carbonyl (C=O) groups is 1. The zero-order valence-corrected chi connectivity index (χ0v) is 15.9. The van der Waals surface area contributed by atoms with Gasteiger partial charge in [-0.15, -0.1) is 0 Å². The molecule has 142 valence electrons. The maximum Gasteiger partial charge on any atom is 0.224 e. The molecule has 2 N–H and O–H groups in total. The number of piperidine rings is 1. The van der Waals surface area contributed by atoms with E-state index in [0.29, 0.717) is 18.2 Å². The third-order valence-corrected chi connectivity index (χ3v) is 6.42. The molecule has 2 unspecified atom stereocenters. The number of phenolic OH excluding ortho intramolecular Hbond substituents is 1. The summed E-state index contributed by atoms with van der Waals surface area (Å²) in [5, 5.41) is 13.3. The number of benzene rings is 2. The monoisotopic (exact) mass is 364 g/mol. The molecule has 2 bridgehead atoms. The minimum absolute atomic E-state index is 0.0405. The summed E-state index contributed by atoms with van der Waals surface area (Å²) in [6.07, 6.45) is 4.53. The Labute approximate surface area is 161 Å². The molecule has 0 radical (unpaired) electrons. The van der Waals surface area contributed by atoms with Crippen molar-refractivity contribution in [2.45, 2.75) is 49.6 Å². The molecule has 4 heteroatoms. The average Bonchev–Trinajstić information content (AvgIpc) is 2.66. The van der Waals surface area contributed by atoms with Gasteiger partial charge in [-0.1, -0.05) is 42.5 Å². The number of amides is 1. The number of nitrogens with one attached hydrogen (secondary N) is 1. The van der Waals surface area contributed by atoms with Gasteiger partial charge in [-0.2, -0.15) is 0 Å². The molecule has 2 fully saturated rings. The molecular weight excluding hydrogens is 336 g/mol. The van der Waals surface area contributed by atoms with Crippen molar-refractivity contribution in [3.8, 4) is 5.75 Å². The van der Waals surface area contributed by atoms with Crippen molar-refractivity contribution in [1.29, 1.82) is 0 Å². The summed E-state index contributed by atoms with van der Waals surface area (Å²) in [6, 6.07) is 18.3. The van der Waals surface area contributed by atoms with Crippen LogP contribution in [-0.4, -0.2) is 41.6 Å². The number of carbonyl (C=O) groups excluding carboxylic acids is 1. The minimum atomic E-state index is 0.0405. The maximum atomic E-state index is 12.6. The van der Waals surface area contributed by atoms with Crippen molar-refractivity contribution in [3.05, 3.63) is 65.7 Å². The Kier molecular flexibility index (Phi) is 4.92. The summed E-state index contributed by atoms with van der Waals surface area (Å²) >= 11 is 0. The molecule has 27 heavy (non-hydrogen) atoms. The van der Waals surface area contributed by atoms with Gasteiger partial charge in [-0.25, -0.2) is 0 Å². The van der Waals surface area contributed by atoms with E-state index in [4.69, 9.17) is 0 Å². The highest BCUT2D eigenvalue weighted by molar-refractivity contribution is 5.78. The van der Waals surface area contributed by atoms with Crippen molar-refractivity contribution < 1.29 is 9.90 Å². The van der Waals surface area contributed by atoms with Crippen LogP contribution >= 0.6 is 0 Å². The topological polar surface area (TPSA) is 52.6 Å². The average molecular weight is 364 g/mol. The van der Waals surface area contributed by atoms with Crippen molar-refractivity contribution in [2.75, 3.05) is 13.6 Å². The van der Waals surface area contributed by atoms with Crippen LogP contribution in [0.3, 0.4) is 0 Å². The van der Waals surface area contributed by atoms with E-state index in [1.807, 2.05) is 42.5 Å². The number of nitrogens with zero attached hydrogens (tertiary/aromatic N) is 1. The Morgan fingerprint density at radius 2 is 2.00 bits per heavy atom. The Morgan fingerprint density at radius 3 is 2.78 bits per heavy atom. The molecule has 4 rings (SSSR count). The standard InChI is InChI=1S/C23H28N2O2/c1-25-11-10-23(18-8-5-9-21(26)13-18)15-19(14-20(25)16-23)24-22(27)12-17-6-3-2-4-7-17/h2-9,13,19-20,26H,10-12,14-16H2,1H3,(H,24,27)/t19-,20?,23?/m1/s1. The third kappa shape index (κ3) is 3.86. The number of rotatable bonds is 4. The minimum Gasteiger partial charge on any atom is -0.508 e. The van der Waals surface area contributed by atoms with Crippen LogP contribution in [0.15, 0.2) is 54.6 Å². The molecule has 2 aromatic rings. The van der Waals surface area contributed by atoms with E-state index in [1.54, 1.807) is 6.07 Å². The SMILES string of the molecule is CN1CCC2(c3cccc(O)c3)CC1C[C@@H](NC(=O)Cc1ccccc1)C2. The largest absolute Gasteiger partial charge is 0.508 e. The molecule has 0 aromatic heterocycles. The van der Waals surface area contributed by atoms with Gasteiger partial charge in [0.15, 0.2) is 0 Å². The zero-order chi connectivity index (χ0) is 18.9. The molecule has 1 heterocycles. The number of likely N-dealkylation sites (tertiary alicyclic amines) is 1. The summed E-state index contributed by atoms with van der Waals surface area (Å²) in [5.41, 5.74) is 2.30. The van der Waals surface area contributed by atoms with Crippen LogP contribution in [0.4, 0.5) is 0 Å². The number of fused-ring (bicyclic) bond motifs is 2. The molecule has 1 saturated heterocycles. The number of aromatic hydroxyl groups is 1. The lowest BCUT2D eigenvalue weighted by Crippen LogP contribution is -2.57. The van der Waals surface area contributed by atoms with Gasteiger partial charge in [0.05, 0.1) is 6.42 Å². The maximum absolute atomic E-state index is 12.6. The van der Waals surface area contributed by atoms with Crippen LogP contribution in [0.25, 0.3) is 0 Å². The number of hydrogen-bond acceptors (Lipinski definition) is 3. The summed E-state index contributed by atoms with van der Waals surface area (Å²) in [6.45, 7) is 1.06. The first-order valence-electron chi connectivity index (χ1n) is 9.87. The Hall–Kier alpha value is -2.33. The van der Waals surface area contributed by atoms with Crippen molar-refractivity contribution in [3.63, 3.8) is 0 Å². The van der Waals surface area contributed by atoms with Gasteiger partial charge < -0.3 is 15.3 Å². The molecule has 1 aliphatic heterocycles. The molecular formula is C23H28N2O2. The second-order valence-corrected chi connectivity index (χ2v) is 8.29. The predicted molar refractivity (Wildman–Crippen MR) is 107 cm³/mol. The quantitative estimate of drug-likeness (QED) is 0.876. The Bertz CT molecular complexity index is 807. The molecule has 2 aromatic carbocycles. The molecule has 3 atom stereocenters. The molecule has 2 aliphatic rings. The van der Waals surface area contributed by atoms with E-state index < -0.39 is 0 Å². The van der Waals surface area contributed by atoms with Gasteiger partial charge in [0.25, 0.3) is 0 Å². The molecule has 0 spiro atoms. The molecule has 1 saturated carbocycles. The fraction of sp³-hybridized carbons (Fsp3) is 0.435. The van der Waals surface area contributed by atoms with E-state index in [2.05, 4.69) is 23.3 Å². The van der Waals surface area contributed by atoms with E-state index in [9.17, 15) is 9.90 Å². The van der Waals surface area contributed by atoms with Crippen molar-refractivity contribution in [2.24, 2.45) is 0 Å². The highest BCUT2D eigenvalue weighted by Crippen LogP contribution is 2.47. The first-order valence-corrected chi connectivity index (χ1v) is 9.87. The van der Waals surface area contributed by atoms with Gasteiger partial charge in [0, 0.05) is 17.5 Å². The molecule has 1 amide bonds. The van der Waals surface area contributed by atoms with E-state index in [-0.39, 0.29) is 17.4 Å². The van der Waals surface area contributed by atoms with Crippen LogP contribution < -0.4 is 5.32 Å². The molecule has 4 nitrogen and oxygen atoms in total. The Morgan fingerprint density at radius 1 is 1.19 bits per heavy atom. The Balaban J connectivity index is 1.52. The second kappa shape index (κ2) is 7.35. The van der Waals surface area contributed by atoms with Gasteiger partial charge >= 0.3 is 0 Å².